The van der Waals surface area contributed by atoms with Crippen molar-refractivity contribution in [2.24, 2.45) is 5.10 Å². The fourth-order valence-corrected chi connectivity index (χ4v) is 5.09. The maximum atomic E-state index is 13.5. The Labute approximate surface area is 209 Å². The minimum Gasteiger partial charge on any atom is -0.459 e. The highest BCUT2D eigenvalue weighted by Gasteiger charge is 2.36. The van der Waals surface area contributed by atoms with Crippen LogP contribution in [0, 0.1) is 13.8 Å². The third kappa shape index (κ3) is 3.79. The van der Waals surface area contributed by atoms with E-state index in [-0.39, 0.29) is 17.7 Å². The van der Waals surface area contributed by atoms with E-state index in [0.717, 1.165) is 50.1 Å². The van der Waals surface area contributed by atoms with Gasteiger partial charge < -0.3 is 4.42 Å². The summed E-state index contributed by atoms with van der Waals surface area (Å²) in [5.41, 5.74) is 8.02. The Morgan fingerprint density at radius 2 is 1.69 bits per heavy atom. The molecule has 1 aliphatic rings. The number of aryl methyl sites for hydroxylation is 2. The SMILES string of the molecule is Cc1cccc(C2CC(c3c(C)nc4ccccc4c3-c3ccccc3)=NN2C(=O)c2ccco2)c1. The first kappa shape index (κ1) is 22.0. The van der Waals surface area contributed by atoms with Crippen LogP contribution in [0.5, 0.6) is 0 Å². The largest absolute Gasteiger partial charge is 0.459 e. The molecule has 3 heterocycles. The molecule has 3 aromatic carbocycles. The van der Waals surface area contributed by atoms with Crippen molar-refractivity contribution in [3.63, 3.8) is 0 Å². The van der Waals surface area contributed by atoms with Gasteiger partial charge in [0.15, 0.2) is 5.76 Å². The standard InChI is InChI=1S/C31H25N3O2/c1-20-10-8-13-23(18-20)27-19-26(33-34(27)31(35)28-16-9-17-36-28)29-21(2)32-25-15-7-6-14-24(25)30(29)22-11-4-3-5-12-22/h3-18,27H,19H2,1-2H3. The van der Waals surface area contributed by atoms with Crippen molar-refractivity contribution in [1.29, 1.82) is 0 Å². The van der Waals surface area contributed by atoms with Crippen molar-refractivity contribution in [3.8, 4) is 11.1 Å². The number of carbonyl (C=O) groups excluding carboxylic acids is 1. The molecule has 1 aliphatic heterocycles. The van der Waals surface area contributed by atoms with E-state index in [2.05, 4.69) is 43.3 Å². The van der Waals surface area contributed by atoms with E-state index >= 15 is 0 Å². The molecule has 1 unspecified atom stereocenters. The first-order valence-electron chi connectivity index (χ1n) is 12.1. The number of pyridine rings is 1. The van der Waals surface area contributed by atoms with E-state index in [4.69, 9.17) is 14.5 Å². The molecule has 0 aliphatic carbocycles. The molecule has 0 N–H and O–H groups in total. The Bertz CT molecular complexity index is 1600. The molecule has 5 nitrogen and oxygen atoms in total. The lowest BCUT2D eigenvalue weighted by atomic mass is 9.89. The molecular weight excluding hydrogens is 446 g/mol. The number of benzene rings is 3. The predicted molar refractivity (Wildman–Crippen MR) is 142 cm³/mol. The van der Waals surface area contributed by atoms with Gasteiger partial charge in [-0.2, -0.15) is 5.10 Å². The minimum atomic E-state index is -0.255. The molecule has 5 aromatic rings. The van der Waals surface area contributed by atoms with E-state index in [0.29, 0.717) is 6.42 Å². The van der Waals surface area contributed by atoms with Gasteiger partial charge in [-0.15, -0.1) is 0 Å². The number of hydrazone groups is 1. The fraction of sp³-hybridized carbons (Fsp3) is 0.129. The third-order valence-corrected chi connectivity index (χ3v) is 6.70. The number of carbonyl (C=O) groups is 1. The Kier molecular flexibility index (Phi) is 5.45. The summed E-state index contributed by atoms with van der Waals surface area (Å²) in [5.74, 6) is 0.0171. The molecular formula is C31H25N3O2. The van der Waals surface area contributed by atoms with E-state index in [9.17, 15) is 4.79 Å². The van der Waals surface area contributed by atoms with Gasteiger partial charge in [-0.05, 0) is 43.2 Å². The van der Waals surface area contributed by atoms with Crippen molar-refractivity contribution in [1.82, 2.24) is 9.99 Å². The van der Waals surface area contributed by atoms with Crippen LogP contribution >= 0.6 is 0 Å². The number of nitrogens with zero attached hydrogens (tertiary/aromatic N) is 3. The summed E-state index contributed by atoms with van der Waals surface area (Å²) in [5, 5.41) is 7.60. The first-order chi connectivity index (χ1) is 17.6. The molecule has 36 heavy (non-hydrogen) atoms. The topological polar surface area (TPSA) is 58.7 Å². The lowest BCUT2D eigenvalue weighted by Crippen LogP contribution is -2.26. The molecule has 5 heteroatoms. The highest BCUT2D eigenvalue weighted by Crippen LogP contribution is 2.40. The van der Waals surface area contributed by atoms with E-state index in [1.54, 1.807) is 17.1 Å². The highest BCUT2D eigenvalue weighted by atomic mass is 16.3. The summed E-state index contributed by atoms with van der Waals surface area (Å²) < 4.78 is 5.46. The summed E-state index contributed by atoms with van der Waals surface area (Å²) in [6.45, 7) is 4.08. The maximum Gasteiger partial charge on any atom is 0.310 e. The van der Waals surface area contributed by atoms with Crippen LogP contribution in [0.3, 0.4) is 0 Å². The predicted octanol–water partition coefficient (Wildman–Crippen LogP) is 7.10. The van der Waals surface area contributed by atoms with E-state index in [1.165, 1.54) is 6.26 Å². The lowest BCUT2D eigenvalue weighted by molar-refractivity contribution is 0.0678. The molecule has 0 spiro atoms. The van der Waals surface area contributed by atoms with Gasteiger partial charge in [0, 0.05) is 28.6 Å². The third-order valence-electron chi connectivity index (χ3n) is 6.70. The summed E-state index contributed by atoms with van der Waals surface area (Å²) >= 11 is 0. The van der Waals surface area contributed by atoms with Gasteiger partial charge in [0.2, 0.25) is 0 Å². The number of fused-ring (bicyclic) bond motifs is 1. The molecule has 1 amide bonds. The van der Waals surface area contributed by atoms with Crippen LogP contribution < -0.4 is 0 Å². The monoisotopic (exact) mass is 471 g/mol. The highest BCUT2D eigenvalue weighted by molar-refractivity contribution is 6.14. The Balaban J connectivity index is 1.56. The quantitative estimate of drug-likeness (QED) is 0.281. The first-order valence-corrected chi connectivity index (χ1v) is 12.1. The summed E-state index contributed by atoms with van der Waals surface area (Å²) in [7, 11) is 0. The lowest BCUT2D eigenvalue weighted by Gasteiger charge is -2.21. The number of amides is 1. The van der Waals surface area contributed by atoms with Gasteiger partial charge in [-0.25, -0.2) is 5.01 Å². The van der Waals surface area contributed by atoms with Crippen LogP contribution in [0.25, 0.3) is 22.0 Å². The Hall–Kier alpha value is -4.51. The maximum absolute atomic E-state index is 13.5. The second-order valence-electron chi connectivity index (χ2n) is 9.14. The summed E-state index contributed by atoms with van der Waals surface area (Å²) in [4.78, 5) is 18.5. The van der Waals surface area contributed by atoms with Crippen LogP contribution in [0.1, 0.15) is 45.4 Å². The molecule has 0 saturated heterocycles. The average molecular weight is 472 g/mol. The van der Waals surface area contributed by atoms with Gasteiger partial charge in [0.1, 0.15) is 0 Å². The zero-order valence-corrected chi connectivity index (χ0v) is 20.2. The van der Waals surface area contributed by atoms with E-state index < -0.39 is 0 Å². The van der Waals surface area contributed by atoms with Crippen molar-refractivity contribution in [2.45, 2.75) is 26.3 Å². The average Bonchev–Trinajstić information content (AvgIpc) is 3.59. The Morgan fingerprint density at radius 3 is 2.47 bits per heavy atom. The Morgan fingerprint density at radius 1 is 0.889 bits per heavy atom. The van der Waals surface area contributed by atoms with Crippen LogP contribution in [0.4, 0.5) is 0 Å². The summed E-state index contributed by atoms with van der Waals surface area (Å²) in [6.07, 6.45) is 2.09. The smallest absolute Gasteiger partial charge is 0.310 e. The molecule has 176 valence electrons. The molecule has 0 bridgehead atoms. The van der Waals surface area contributed by atoms with Crippen molar-refractivity contribution >= 4 is 22.5 Å². The van der Waals surface area contributed by atoms with E-state index in [1.807, 2.05) is 49.4 Å². The van der Waals surface area contributed by atoms with Crippen LogP contribution in [0.2, 0.25) is 0 Å². The molecule has 1 atom stereocenters. The number of hydrogen-bond acceptors (Lipinski definition) is 4. The minimum absolute atomic E-state index is 0.244. The molecule has 0 radical (unpaired) electrons. The number of para-hydroxylation sites is 1. The van der Waals surface area contributed by atoms with Gasteiger partial charge in [-0.1, -0.05) is 78.4 Å². The normalized spacial score (nSPS) is 15.3. The number of rotatable bonds is 4. The molecule has 2 aromatic heterocycles. The van der Waals surface area contributed by atoms with Gasteiger partial charge in [-0.3, -0.25) is 9.78 Å². The van der Waals surface area contributed by atoms with Crippen molar-refractivity contribution in [3.05, 3.63) is 125 Å². The molecule has 0 saturated carbocycles. The number of aromatic nitrogens is 1. The molecule has 6 rings (SSSR count). The number of furan rings is 1. The summed E-state index contributed by atoms with van der Waals surface area (Å²) in [6, 6.07) is 29.9. The van der Waals surface area contributed by atoms with Crippen LogP contribution in [-0.2, 0) is 0 Å². The zero-order chi connectivity index (χ0) is 24.6. The second-order valence-corrected chi connectivity index (χ2v) is 9.14. The van der Waals surface area contributed by atoms with Crippen LogP contribution in [0.15, 0.2) is 107 Å². The molecule has 0 fully saturated rings. The number of hydrogen-bond donors (Lipinski definition) is 0. The van der Waals surface area contributed by atoms with Crippen LogP contribution in [-0.4, -0.2) is 21.6 Å². The zero-order valence-electron chi connectivity index (χ0n) is 20.2. The van der Waals surface area contributed by atoms with Gasteiger partial charge in [0.25, 0.3) is 0 Å². The fourth-order valence-electron chi connectivity index (χ4n) is 5.09. The van der Waals surface area contributed by atoms with Crippen molar-refractivity contribution < 1.29 is 9.21 Å². The van der Waals surface area contributed by atoms with Gasteiger partial charge >= 0.3 is 5.91 Å². The second kappa shape index (κ2) is 8.93. The van der Waals surface area contributed by atoms with Gasteiger partial charge in [0.05, 0.1) is 23.5 Å². The van der Waals surface area contributed by atoms with Crippen molar-refractivity contribution in [2.75, 3.05) is 0 Å².